The Bertz CT molecular complexity index is 598. The van der Waals surface area contributed by atoms with Crippen molar-refractivity contribution in [3.8, 4) is 0 Å². The number of rotatable bonds is 3. The van der Waals surface area contributed by atoms with Crippen molar-refractivity contribution in [3.05, 3.63) is 32.3 Å². The third kappa shape index (κ3) is 3.06. The molecular formula is C13H14Cl2N2O4. The van der Waals surface area contributed by atoms with E-state index in [4.69, 9.17) is 23.2 Å². The van der Waals surface area contributed by atoms with E-state index in [0.717, 1.165) is 0 Å². The smallest absolute Gasteiger partial charge is 0.309 e. The van der Waals surface area contributed by atoms with Gasteiger partial charge in [-0.2, -0.15) is 0 Å². The lowest BCUT2D eigenvalue weighted by Gasteiger charge is -2.37. The van der Waals surface area contributed by atoms with Crippen LogP contribution >= 0.6 is 23.2 Å². The standard InChI is InChI=1S/C13H14Cl2N2O4/c1-13(12(18)19)2-4-16(5-3-13)10-6-8(14)9(15)7-11(10)17(20)21/h6-7H,2-5H2,1H3,(H,18,19). The predicted molar refractivity (Wildman–Crippen MR) is 80.3 cm³/mol. The Kier molecular flexibility index (Phi) is 4.30. The minimum Gasteiger partial charge on any atom is -0.481 e. The summed E-state index contributed by atoms with van der Waals surface area (Å²) in [4.78, 5) is 23.6. The van der Waals surface area contributed by atoms with Crippen LogP contribution in [0.15, 0.2) is 12.1 Å². The van der Waals surface area contributed by atoms with Gasteiger partial charge in [0, 0.05) is 19.2 Å². The van der Waals surface area contributed by atoms with E-state index in [1.54, 1.807) is 11.8 Å². The number of halogens is 2. The molecule has 6 nitrogen and oxygen atoms in total. The highest BCUT2D eigenvalue weighted by Gasteiger charge is 2.38. The van der Waals surface area contributed by atoms with Gasteiger partial charge in [-0.05, 0) is 25.8 Å². The first-order chi connectivity index (χ1) is 9.74. The average molecular weight is 333 g/mol. The zero-order valence-corrected chi connectivity index (χ0v) is 12.8. The molecule has 1 N–H and O–H groups in total. The molecule has 1 fully saturated rings. The molecule has 0 saturated carbocycles. The number of hydrogen-bond donors (Lipinski definition) is 1. The Labute approximate surface area is 131 Å². The van der Waals surface area contributed by atoms with Gasteiger partial charge in [0.25, 0.3) is 5.69 Å². The molecule has 0 amide bonds. The number of nitrogens with zero attached hydrogens (tertiary/aromatic N) is 2. The van der Waals surface area contributed by atoms with Crippen molar-refractivity contribution in [1.29, 1.82) is 0 Å². The Morgan fingerprint density at radius 1 is 1.33 bits per heavy atom. The molecule has 1 heterocycles. The third-order valence-corrected chi connectivity index (χ3v) is 4.66. The number of aliphatic carboxylic acids is 1. The minimum atomic E-state index is -0.842. The summed E-state index contributed by atoms with van der Waals surface area (Å²) in [5, 5.41) is 20.7. The first kappa shape index (κ1) is 15.9. The van der Waals surface area contributed by atoms with Crippen LogP contribution in [0, 0.1) is 15.5 Å². The molecule has 1 aromatic carbocycles. The molecular weight excluding hydrogens is 319 g/mol. The summed E-state index contributed by atoms with van der Waals surface area (Å²) in [6.45, 7) is 2.53. The maximum atomic E-state index is 11.2. The molecule has 0 bridgehead atoms. The highest BCUT2D eigenvalue weighted by molar-refractivity contribution is 6.42. The van der Waals surface area contributed by atoms with Crippen molar-refractivity contribution in [2.24, 2.45) is 5.41 Å². The molecule has 1 saturated heterocycles. The van der Waals surface area contributed by atoms with E-state index in [9.17, 15) is 20.0 Å². The van der Waals surface area contributed by atoms with E-state index in [1.807, 2.05) is 0 Å². The number of nitro groups is 1. The lowest BCUT2D eigenvalue weighted by Crippen LogP contribution is -2.42. The lowest BCUT2D eigenvalue weighted by atomic mass is 9.80. The fourth-order valence-electron chi connectivity index (χ4n) is 2.38. The van der Waals surface area contributed by atoms with Gasteiger partial charge in [-0.3, -0.25) is 14.9 Å². The van der Waals surface area contributed by atoms with Crippen molar-refractivity contribution in [2.45, 2.75) is 19.8 Å². The van der Waals surface area contributed by atoms with E-state index in [0.29, 0.717) is 31.6 Å². The summed E-state index contributed by atoms with van der Waals surface area (Å²) in [5.74, 6) is -0.842. The van der Waals surface area contributed by atoms with Gasteiger partial charge in [0.2, 0.25) is 0 Å². The molecule has 0 radical (unpaired) electrons. The van der Waals surface area contributed by atoms with Crippen LogP contribution in [-0.4, -0.2) is 29.1 Å². The van der Waals surface area contributed by atoms with Crippen molar-refractivity contribution in [3.63, 3.8) is 0 Å². The molecule has 0 atom stereocenters. The number of hydrogen-bond acceptors (Lipinski definition) is 4. The molecule has 1 aliphatic heterocycles. The van der Waals surface area contributed by atoms with Gasteiger partial charge in [0.15, 0.2) is 0 Å². The van der Waals surface area contributed by atoms with Crippen LogP contribution in [0.2, 0.25) is 10.0 Å². The SMILES string of the molecule is CC1(C(=O)O)CCN(c2cc(Cl)c(Cl)cc2[N+](=O)[O-])CC1. The molecule has 8 heteroatoms. The Morgan fingerprint density at radius 2 is 1.86 bits per heavy atom. The molecule has 1 aromatic rings. The lowest BCUT2D eigenvalue weighted by molar-refractivity contribution is -0.384. The summed E-state index contributed by atoms with van der Waals surface area (Å²) in [7, 11) is 0. The normalized spacial score (nSPS) is 17.6. The molecule has 2 rings (SSSR count). The second-order valence-corrected chi connectivity index (χ2v) is 6.18. The molecule has 0 spiro atoms. The van der Waals surface area contributed by atoms with Crippen molar-refractivity contribution >= 4 is 40.5 Å². The molecule has 0 aliphatic carbocycles. The number of nitro benzene ring substituents is 1. The number of benzene rings is 1. The Hall–Kier alpha value is -1.53. The number of carboxylic acids is 1. The van der Waals surface area contributed by atoms with Crippen LogP contribution in [0.3, 0.4) is 0 Å². The molecule has 21 heavy (non-hydrogen) atoms. The first-order valence-corrected chi connectivity index (χ1v) is 7.12. The topological polar surface area (TPSA) is 83.7 Å². The fraction of sp³-hybridized carbons (Fsp3) is 0.462. The van der Waals surface area contributed by atoms with Crippen molar-refractivity contribution < 1.29 is 14.8 Å². The number of carboxylic acid groups (broad SMARTS) is 1. The van der Waals surface area contributed by atoms with Gasteiger partial charge in [0.1, 0.15) is 5.69 Å². The highest BCUT2D eigenvalue weighted by atomic mass is 35.5. The van der Waals surface area contributed by atoms with Crippen molar-refractivity contribution in [1.82, 2.24) is 0 Å². The van der Waals surface area contributed by atoms with Crippen molar-refractivity contribution in [2.75, 3.05) is 18.0 Å². The summed E-state index contributed by atoms with van der Waals surface area (Å²) in [5.41, 5.74) is -0.535. The van der Waals surface area contributed by atoms with Gasteiger partial charge in [0.05, 0.1) is 20.4 Å². The van der Waals surface area contributed by atoms with Crippen LogP contribution in [0.25, 0.3) is 0 Å². The van der Waals surface area contributed by atoms with Crippen LogP contribution in [-0.2, 0) is 4.79 Å². The summed E-state index contributed by atoms with van der Waals surface area (Å²) in [6, 6.07) is 2.69. The molecule has 1 aliphatic rings. The zero-order valence-electron chi connectivity index (χ0n) is 11.3. The largest absolute Gasteiger partial charge is 0.481 e. The minimum absolute atomic E-state index is 0.122. The predicted octanol–water partition coefficient (Wildman–Crippen LogP) is 3.59. The molecule has 114 valence electrons. The fourth-order valence-corrected chi connectivity index (χ4v) is 2.70. The monoisotopic (exact) mass is 332 g/mol. The first-order valence-electron chi connectivity index (χ1n) is 6.36. The zero-order chi connectivity index (χ0) is 15.8. The second-order valence-electron chi connectivity index (χ2n) is 5.37. The van der Waals surface area contributed by atoms with Crippen LogP contribution in [0.4, 0.5) is 11.4 Å². The summed E-state index contributed by atoms with van der Waals surface area (Å²) in [6.07, 6.45) is 0.833. The maximum Gasteiger partial charge on any atom is 0.309 e. The van der Waals surface area contributed by atoms with Crippen LogP contribution in [0.5, 0.6) is 0 Å². The van der Waals surface area contributed by atoms with Gasteiger partial charge in [-0.25, -0.2) is 0 Å². The number of carbonyl (C=O) groups is 1. The Morgan fingerprint density at radius 3 is 2.33 bits per heavy atom. The summed E-state index contributed by atoms with van der Waals surface area (Å²) >= 11 is 11.8. The number of piperidine rings is 1. The second kappa shape index (κ2) is 5.69. The van der Waals surface area contributed by atoms with Gasteiger partial charge < -0.3 is 10.0 Å². The van der Waals surface area contributed by atoms with Gasteiger partial charge >= 0.3 is 5.97 Å². The quantitative estimate of drug-likeness (QED) is 0.675. The third-order valence-electron chi connectivity index (χ3n) is 3.94. The van der Waals surface area contributed by atoms with E-state index in [1.165, 1.54) is 12.1 Å². The van der Waals surface area contributed by atoms with Gasteiger partial charge in [-0.1, -0.05) is 23.2 Å². The van der Waals surface area contributed by atoms with Crippen LogP contribution in [0.1, 0.15) is 19.8 Å². The summed E-state index contributed by atoms with van der Waals surface area (Å²) < 4.78 is 0. The highest BCUT2D eigenvalue weighted by Crippen LogP contribution is 2.40. The van der Waals surface area contributed by atoms with Gasteiger partial charge in [-0.15, -0.1) is 0 Å². The van der Waals surface area contributed by atoms with E-state index >= 15 is 0 Å². The van der Waals surface area contributed by atoms with E-state index in [-0.39, 0.29) is 15.7 Å². The maximum absolute atomic E-state index is 11.2. The molecule has 0 aromatic heterocycles. The van der Waals surface area contributed by atoms with Crippen LogP contribution < -0.4 is 4.90 Å². The average Bonchev–Trinajstić information content (AvgIpc) is 2.42. The van der Waals surface area contributed by atoms with E-state index < -0.39 is 16.3 Å². The molecule has 0 unspecified atom stereocenters. The van der Waals surface area contributed by atoms with E-state index in [2.05, 4.69) is 0 Å². The Balaban J connectivity index is 2.30. The number of anilines is 1.